The average Bonchev–Trinajstić information content (AvgIpc) is 2.37. The third-order valence-electron chi connectivity index (χ3n) is 4.01. The van der Waals surface area contributed by atoms with Gasteiger partial charge in [-0.3, -0.25) is 0 Å². The van der Waals surface area contributed by atoms with Crippen molar-refractivity contribution in [3.05, 3.63) is 29.6 Å². The number of phenolic OH excluding ortho intramolecular Hbond substituents is 1. The molecular formula is C15H22FNO2. The van der Waals surface area contributed by atoms with E-state index in [1.165, 1.54) is 6.07 Å². The van der Waals surface area contributed by atoms with Crippen LogP contribution in [0.5, 0.6) is 5.75 Å². The fraction of sp³-hybridized carbons (Fsp3) is 0.600. The molecule has 1 aliphatic rings. The van der Waals surface area contributed by atoms with Gasteiger partial charge in [-0.2, -0.15) is 0 Å². The summed E-state index contributed by atoms with van der Waals surface area (Å²) in [6, 6.07) is 4.09. The van der Waals surface area contributed by atoms with Crippen LogP contribution >= 0.6 is 0 Å². The minimum absolute atomic E-state index is 0.0591. The molecule has 3 N–H and O–H groups in total. The molecule has 0 aliphatic heterocycles. The molecule has 0 saturated heterocycles. The molecule has 1 aliphatic carbocycles. The van der Waals surface area contributed by atoms with Gasteiger partial charge in [-0.15, -0.1) is 0 Å². The van der Waals surface area contributed by atoms with Crippen molar-refractivity contribution in [1.29, 1.82) is 0 Å². The van der Waals surface area contributed by atoms with Crippen molar-refractivity contribution < 1.29 is 14.6 Å². The van der Waals surface area contributed by atoms with Gasteiger partial charge in [0.05, 0.1) is 6.10 Å². The molecule has 0 spiro atoms. The number of hydrogen-bond acceptors (Lipinski definition) is 3. The summed E-state index contributed by atoms with van der Waals surface area (Å²) in [6.07, 6.45) is 3.91. The number of hydrogen-bond donors (Lipinski definition) is 3. The van der Waals surface area contributed by atoms with Crippen molar-refractivity contribution in [2.45, 2.75) is 44.8 Å². The van der Waals surface area contributed by atoms with Crippen LogP contribution < -0.4 is 5.32 Å². The molecule has 3 unspecified atom stereocenters. The number of aliphatic hydroxyl groups excluding tert-OH is 1. The summed E-state index contributed by atoms with van der Waals surface area (Å²) in [4.78, 5) is 0. The highest BCUT2D eigenvalue weighted by molar-refractivity contribution is 5.29. The predicted octanol–water partition coefficient (Wildman–Crippen LogP) is 2.73. The number of benzene rings is 1. The number of nitrogens with one attached hydrogen (secondary N) is 1. The van der Waals surface area contributed by atoms with Crippen molar-refractivity contribution in [1.82, 2.24) is 5.32 Å². The lowest BCUT2D eigenvalue weighted by Crippen LogP contribution is -2.35. The highest BCUT2D eigenvalue weighted by Crippen LogP contribution is 2.25. The van der Waals surface area contributed by atoms with Crippen molar-refractivity contribution in [2.75, 3.05) is 6.54 Å². The van der Waals surface area contributed by atoms with E-state index in [9.17, 15) is 14.6 Å². The fourth-order valence-electron chi connectivity index (χ4n) is 2.73. The Morgan fingerprint density at radius 1 is 1.37 bits per heavy atom. The van der Waals surface area contributed by atoms with Crippen LogP contribution in [0, 0.1) is 11.7 Å². The Morgan fingerprint density at radius 2 is 2.11 bits per heavy atom. The molecule has 0 aromatic heterocycles. The highest BCUT2D eigenvalue weighted by Gasteiger charge is 2.23. The quantitative estimate of drug-likeness (QED) is 0.786. The van der Waals surface area contributed by atoms with Gasteiger partial charge in [0.2, 0.25) is 0 Å². The number of halogens is 1. The van der Waals surface area contributed by atoms with Gasteiger partial charge in [0.15, 0.2) is 0 Å². The van der Waals surface area contributed by atoms with Crippen LogP contribution in [0.25, 0.3) is 0 Å². The Morgan fingerprint density at radius 3 is 2.79 bits per heavy atom. The lowest BCUT2D eigenvalue weighted by atomic mass is 9.86. The number of aliphatic hydroxyl groups is 1. The molecule has 0 amide bonds. The van der Waals surface area contributed by atoms with E-state index in [1.807, 2.05) is 6.92 Å². The summed E-state index contributed by atoms with van der Waals surface area (Å²) in [5.74, 6) is -0.197. The third kappa shape index (κ3) is 3.67. The largest absolute Gasteiger partial charge is 0.508 e. The number of phenols is 1. The van der Waals surface area contributed by atoms with E-state index in [0.29, 0.717) is 12.1 Å². The molecule has 4 heteroatoms. The molecule has 3 nitrogen and oxygen atoms in total. The first-order valence-electron chi connectivity index (χ1n) is 6.98. The molecule has 2 rings (SSSR count). The summed E-state index contributed by atoms with van der Waals surface area (Å²) >= 11 is 0. The average molecular weight is 267 g/mol. The number of aromatic hydroxyl groups is 1. The summed E-state index contributed by atoms with van der Waals surface area (Å²) in [5, 5.41) is 22.4. The first-order chi connectivity index (χ1) is 9.08. The standard InChI is InChI=1S/C15H22FNO2/c1-10(13-7-6-12(18)8-14(13)16)17-9-11-4-2-3-5-15(11)19/h6-8,10-11,15,17-19H,2-5,9H2,1H3. The van der Waals surface area contributed by atoms with Crippen molar-refractivity contribution in [2.24, 2.45) is 5.92 Å². The minimum atomic E-state index is -0.399. The van der Waals surface area contributed by atoms with Crippen molar-refractivity contribution in [3.63, 3.8) is 0 Å². The van der Waals surface area contributed by atoms with Gasteiger partial charge in [0.1, 0.15) is 11.6 Å². The minimum Gasteiger partial charge on any atom is -0.508 e. The SMILES string of the molecule is CC(NCC1CCCCC1O)c1ccc(O)cc1F. The maximum atomic E-state index is 13.7. The van der Waals surface area contributed by atoms with E-state index in [0.717, 1.165) is 31.7 Å². The van der Waals surface area contributed by atoms with Gasteiger partial charge in [-0.05, 0) is 31.7 Å². The second-order valence-corrected chi connectivity index (χ2v) is 5.45. The monoisotopic (exact) mass is 267 g/mol. The second kappa shape index (κ2) is 6.35. The Balaban J connectivity index is 1.91. The van der Waals surface area contributed by atoms with Crippen LogP contribution in [-0.4, -0.2) is 22.9 Å². The molecule has 1 aromatic carbocycles. The maximum Gasteiger partial charge on any atom is 0.131 e. The molecular weight excluding hydrogens is 245 g/mol. The maximum absolute atomic E-state index is 13.7. The van der Waals surface area contributed by atoms with Crippen LogP contribution in [0.3, 0.4) is 0 Å². The van der Waals surface area contributed by atoms with Crippen molar-refractivity contribution in [3.8, 4) is 5.75 Å². The molecule has 0 radical (unpaired) electrons. The zero-order valence-electron chi connectivity index (χ0n) is 11.3. The van der Waals surface area contributed by atoms with Gasteiger partial charge in [-0.25, -0.2) is 4.39 Å². The summed E-state index contributed by atoms with van der Waals surface area (Å²) in [5.41, 5.74) is 0.545. The molecule has 0 heterocycles. The zero-order valence-corrected chi connectivity index (χ0v) is 11.3. The van der Waals surface area contributed by atoms with E-state index in [4.69, 9.17) is 0 Å². The van der Waals surface area contributed by atoms with E-state index >= 15 is 0 Å². The van der Waals surface area contributed by atoms with Crippen molar-refractivity contribution >= 4 is 0 Å². The van der Waals surface area contributed by atoms with Gasteiger partial charge < -0.3 is 15.5 Å². The first kappa shape index (κ1) is 14.3. The van der Waals surface area contributed by atoms with Gasteiger partial charge in [0, 0.05) is 24.2 Å². The lowest BCUT2D eigenvalue weighted by Gasteiger charge is -2.29. The van der Waals surface area contributed by atoms with E-state index < -0.39 is 5.82 Å². The first-order valence-corrected chi connectivity index (χ1v) is 6.98. The molecule has 0 bridgehead atoms. The van der Waals surface area contributed by atoms with Crippen LogP contribution in [0.2, 0.25) is 0 Å². The molecule has 1 fully saturated rings. The summed E-state index contributed by atoms with van der Waals surface area (Å²) < 4.78 is 13.7. The highest BCUT2D eigenvalue weighted by atomic mass is 19.1. The van der Waals surface area contributed by atoms with Crippen LogP contribution in [0.15, 0.2) is 18.2 Å². The van der Waals surface area contributed by atoms with Gasteiger partial charge in [-0.1, -0.05) is 18.9 Å². The van der Waals surface area contributed by atoms with E-state index in [2.05, 4.69) is 5.32 Å². The van der Waals surface area contributed by atoms with E-state index in [-0.39, 0.29) is 23.8 Å². The predicted molar refractivity (Wildman–Crippen MR) is 72.4 cm³/mol. The topological polar surface area (TPSA) is 52.5 Å². The van der Waals surface area contributed by atoms with Gasteiger partial charge >= 0.3 is 0 Å². The summed E-state index contributed by atoms with van der Waals surface area (Å²) in [7, 11) is 0. The molecule has 1 aromatic rings. The Hall–Kier alpha value is -1.13. The zero-order chi connectivity index (χ0) is 13.8. The van der Waals surface area contributed by atoms with E-state index in [1.54, 1.807) is 6.07 Å². The normalized spacial score (nSPS) is 25.2. The molecule has 19 heavy (non-hydrogen) atoms. The van der Waals surface area contributed by atoms with Crippen LogP contribution in [-0.2, 0) is 0 Å². The summed E-state index contributed by atoms with van der Waals surface area (Å²) in [6.45, 7) is 2.59. The van der Waals surface area contributed by atoms with Crippen LogP contribution in [0.4, 0.5) is 4.39 Å². The second-order valence-electron chi connectivity index (χ2n) is 5.45. The molecule has 106 valence electrons. The molecule has 1 saturated carbocycles. The molecule has 3 atom stereocenters. The Kier molecular flexibility index (Phi) is 4.77. The lowest BCUT2D eigenvalue weighted by molar-refractivity contribution is 0.0683. The Labute approximate surface area is 113 Å². The number of rotatable bonds is 4. The fourth-order valence-corrected chi connectivity index (χ4v) is 2.73. The van der Waals surface area contributed by atoms with Gasteiger partial charge in [0.25, 0.3) is 0 Å². The smallest absolute Gasteiger partial charge is 0.131 e. The van der Waals surface area contributed by atoms with Crippen LogP contribution in [0.1, 0.15) is 44.2 Å². The third-order valence-corrected chi connectivity index (χ3v) is 4.01. The Bertz CT molecular complexity index is 425.